The molecule has 0 amide bonds. The Kier molecular flexibility index (Phi) is 6.84. The van der Waals surface area contributed by atoms with Gasteiger partial charge in [-0.3, -0.25) is 0 Å². The topological polar surface area (TPSA) is 62.6 Å². The summed E-state index contributed by atoms with van der Waals surface area (Å²) in [6.45, 7) is 5.23. The molecule has 6 nitrogen and oxygen atoms in total. The lowest BCUT2D eigenvalue weighted by atomic mass is 10.2. The van der Waals surface area contributed by atoms with Crippen molar-refractivity contribution in [3.8, 4) is 22.9 Å². The number of halogens is 1. The van der Waals surface area contributed by atoms with E-state index < -0.39 is 0 Å². The van der Waals surface area contributed by atoms with Crippen LogP contribution in [0.15, 0.2) is 60.7 Å². The third-order valence-electron chi connectivity index (χ3n) is 5.34. The van der Waals surface area contributed by atoms with Crippen LogP contribution in [0.25, 0.3) is 22.4 Å². The number of aromatic nitrogens is 2. The number of carbonyl (C=O) groups excluding carboxylic acids is 1. The molecule has 1 aromatic heterocycles. The summed E-state index contributed by atoms with van der Waals surface area (Å²) < 4.78 is 18.8. The molecule has 0 spiro atoms. The number of fused-ring (bicyclic) bond motifs is 1. The summed E-state index contributed by atoms with van der Waals surface area (Å²) in [7, 11) is 1.61. The van der Waals surface area contributed by atoms with Crippen LogP contribution in [-0.2, 0) is 17.9 Å². The van der Waals surface area contributed by atoms with Crippen molar-refractivity contribution in [2.75, 3.05) is 13.7 Å². The third kappa shape index (κ3) is 4.66. The van der Waals surface area contributed by atoms with Crippen LogP contribution in [0.4, 0.5) is 0 Å². The van der Waals surface area contributed by atoms with Crippen molar-refractivity contribution >= 4 is 28.6 Å². The highest BCUT2D eigenvalue weighted by Crippen LogP contribution is 2.34. The number of nitrogens with zero attached hydrogens (tertiary/aromatic N) is 2. The molecule has 3 aromatic carbocycles. The lowest BCUT2D eigenvalue weighted by Crippen LogP contribution is -2.04. The largest absolute Gasteiger partial charge is 0.493 e. The number of esters is 1. The quantitative estimate of drug-likeness (QED) is 0.293. The van der Waals surface area contributed by atoms with Crippen molar-refractivity contribution in [1.82, 2.24) is 9.55 Å². The summed E-state index contributed by atoms with van der Waals surface area (Å²) in [5, 5.41) is 0.659. The van der Waals surface area contributed by atoms with Crippen LogP contribution < -0.4 is 9.47 Å². The second kappa shape index (κ2) is 9.96. The van der Waals surface area contributed by atoms with Gasteiger partial charge < -0.3 is 18.8 Å². The van der Waals surface area contributed by atoms with Gasteiger partial charge >= 0.3 is 5.97 Å². The van der Waals surface area contributed by atoms with Gasteiger partial charge in [0.25, 0.3) is 0 Å². The van der Waals surface area contributed by atoms with Gasteiger partial charge in [-0.15, -0.1) is 0 Å². The van der Waals surface area contributed by atoms with Crippen LogP contribution in [0.1, 0.15) is 29.8 Å². The van der Waals surface area contributed by atoms with E-state index >= 15 is 0 Å². The highest BCUT2D eigenvalue weighted by molar-refractivity contribution is 6.31. The van der Waals surface area contributed by atoms with E-state index in [9.17, 15) is 4.79 Å². The molecule has 7 heteroatoms. The molecular formula is C26H25ClN2O4. The van der Waals surface area contributed by atoms with Gasteiger partial charge in [0, 0.05) is 22.7 Å². The highest BCUT2D eigenvalue weighted by Gasteiger charge is 2.17. The molecule has 0 fully saturated rings. The van der Waals surface area contributed by atoms with Gasteiger partial charge in [-0.25, -0.2) is 9.78 Å². The molecule has 0 saturated heterocycles. The molecule has 0 radical (unpaired) electrons. The Hall–Kier alpha value is -3.51. The third-order valence-corrected chi connectivity index (χ3v) is 5.71. The summed E-state index contributed by atoms with van der Waals surface area (Å²) in [6, 6.07) is 18.7. The SMILES string of the molecule is CCOC(=O)c1ccc2c(c1)nc(-c1ccc(OCc3ccccc3Cl)c(OC)c1)n2CC. The molecule has 0 atom stereocenters. The molecule has 0 aliphatic heterocycles. The normalized spacial score (nSPS) is 10.9. The minimum Gasteiger partial charge on any atom is -0.493 e. The van der Waals surface area contributed by atoms with Gasteiger partial charge in [0.15, 0.2) is 11.5 Å². The minimum atomic E-state index is -0.353. The zero-order valence-corrected chi connectivity index (χ0v) is 19.6. The molecule has 4 aromatic rings. The first kappa shape index (κ1) is 22.7. The first-order valence-electron chi connectivity index (χ1n) is 10.8. The molecule has 170 valence electrons. The van der Waals surface area contributed by atoms with Crippen molar-refractivity contribution in [3.05, 3.63) is 76.8 Å². The van der Waals surface area contributed by atoms with E-state index in [1.165, 1.54) is 0 Å². The van der Waals surface area contributed by atoms with Crippen molar-refractivity contribution < 1.29 is 19.0 Å². The van der Waals surface area contributed by atoms with Gasteiger partial charge in [0.05, 0.1) is 30.3 Å². The Bertz CT molecular complexity index is 1300. The summed E-state index contributed by atoms with van der Waals surface area (Å²) >= 11 is 6.24. The Morgan fingerprint density at radius 1 is 1.03 bits per heavy atom. The highest BCUT2D eigenvalue weighted by atomic mass is 35.5. The molecule has 1 heterocycles. The number of benzene rings is 3. The monoisotopic (exact) mass is 464 g/mol. The van der Waals surface area contributed by atoms with Crippen LogP contribution >= 0.6 is 11.6 Å². The van der Waals surface area contributed by atoms with E-state index in [1.54, 1.807) is 26.2 Å². The maximum absolute atomic E-state index is 12.1. The predicted octanol–water partition coefficient (Wildman–Crippen LogP) is 6.14. The molecule has 0 saturated carbocycles. The number of carbonyl (C=O) groups is 1. The number of ether oxygens (including phenoxy) is 3. The van der Waals surface area contributed by atoms with Crippen LogP contribution in [0.3, 0.4) is 0 Å². The minimum absolute atomic E-state index is 0.330. The van der Waals surface area contributed by atoms with E-state index in [-0.39, 0.29) is 5.97 Å². The number of hydrogen-bond acceptors (Lipinski definition) is 5. The standard InChI is InChI=1S/C26H25ClN2O4/c1-4-29-22-12-10-18(26(30)32-5-2)14-21(22)28-25(29)17-11-13-23(24(15-17)31-3)33-16-19-8-6-7-9-20(19)27/h6-15H,4-5,16H2,1-3H3. The second-order valence-electron chi connectivity index (χ2n) is 7.35. The molecule has 0 bridgehead atoms. The van der Waals surface area contributed by atoms with E-state index in [0.717, 1.165) is 34.5 Å². The second-order valence-corrected chi connectivity index (χ2v) is 7.76. The van der Waals surface area contributed by atoms with E-state index in [4.69, 9.17) is 30.8 Å². The Labute approximate surface area is 197 Å². The first-order chi connectivity index (χ1) is 16.0. The Morgan fingerprint density at radius 2 is 1.85 bits per heavy atom. The molecular weight excluding hydrogens is 440 g/mol. The fourth-order valence-electron chi connectivity index (χ4n) is 3.71. The predicted molar refractivity (Wildman–Crippen MR) is 129 cm³/mol. The molecule has 0 aliphatic carbocycles. The number of rotatable bonds is 8. The zero-order valence-electron chi connectivity index (χ0n) is 18.8. The number of methoxy groups -OCH3 is 1. The van der Waals surface area contributed by atoms with Crippen molar-refractivity contribution in [1.29, 1.82) is 0 Å². The summed E-state index contributed by atoms with van der Waals surface area (Å²) in [5.74, 6) is 1.64. The molecule has 0 aliphatic rings. The molecule has 0 N–H and O–H groups in total. The fourth-order valence-corrected chi connectivity index (χ4v) is 3.90. The van der Waals surface area contributed by atoms with Crippen molar-refractivity contribution in [3.63, 3.8) is 0 Å². The Morgan fingerprint density at radius 3 is 2.58 bits per heavy atom. The number of aryl methyl sites for hydroxylation is 1. The molecule has 0 unspecified atom stereocenters. The number of imidazole rings is 1. The summed E-state index contributed by atoms with van der Waals surface area (Å²) in [5.41, 5.74) is 3.94. The van der Waals surface area contributed by atoms with E-state index in [1.807, 2.05) is 48.5 Å². The van der Waals surface area contributed by atoms with Crippen LogP contribution in [-0.4, -0.2) is 29.2 Å². The fraction of sp³-hybridized carbons (Fsp3) is 0.231. The van der Waals surface area contributed by atoms with Crippen molar-refractivity contribution in [2.24, 2.45) is 0 Å². The summed E-state index contributed by atoms with van der Waals surface area (Å²) in [6.07, 6.45) is 0. The van der Waals surface area contributed by atoms with E-state index in [0.29, 0.717) is 35.3 Å². The van der Waals surface area contributed by atoms with Crippen molar-refractivity contribution in [2.45, 2.75) is 27.0 Å². The molecule has 33 heavy (non-hydrogen) atoms. The Balaban J connectivity index is 1.67. The average molecular weight is 465 g/mol. The average Bonchev–Trinajstić information content (AvgIpc) is 3.21. The lowest BCUT2D eigenvalue weighted by molar-refractivity contribution is 0.0526. The zero-order chi connectivity index (χ0) is 23.4. The molecule has 4 rings (SSSR count). The number of hydrogen-bond donors (Lipinski definition) is 0. The van der Waals surface area contributed by atoms with Crippen LogP contribution in [0, 0.1) is 0 Å². The van der Waals surface area contributed by atoms with Crippen LogP contribution in [0.2, 0.25) is 5.02 Å². The van der Waals surface area contributed by atoms with Gasteiger partial charge in [0.1, 0.15) is 12.4 Å². The van der Waals surface area contributed by atoms with Gasteiger partial charge in [-0.2, -0.15) is 0 Å². The smallest absolute Gasteiger partial charge is 0.338 e. The lowest BCUT2D eigenvalue weighted by Gasteiger charge is -2.13. The maximum Gasteiger partial charge on any atom is 0.338 e. The van der Waals surface area contributed by atoms with Gasteiger partial charge in [0.2, 0.25) is 0 Å². The summed E-state index contributed by atoms with van der Waals surface area (Å²) in [4.78, 5) is 16.9. The van der Waals surface area contributed by atoms with Gasteiger partial charge in [-0.1, -0.05) is 29.8 Å². The van der Waals surface area contributed by atoms with Gasteiger partial charge in [-0.05, 0) is 56.3 Å². The van der Waals surface area contributed by atoms with Crippen LogP contribution in [0.5, 0.6) is 11.5 Å². The maximum atomic E-state index is 12.1. The first-order valence-corrected chi connectivity index (χ1v) is 11.2. The van der Waals surface area contributed by atoms with E-state index in [2.05, 4.69) is 11.5 Å².